The van der Waals surface area contributed by atoms with Gasteiger partial charge >= 0.3 is 0 Å². The second kappa shape index (κ2) is 5.15. The monoisotopic (exact) mass is 288 g/mol. The number of H-pyrrole nitrogens is 1. The SMILES string of the molecule is COc1ccc(C(O)c2nc3ccccc3[nH]2)cc1Cl. The van der Waals surface area contributed by atoms with Crippen LogP contribution in [0, 0.1) is 0 Å². The Hall–Kier alpha value is -2.04. The fraction of sp³-hybridized carbons (Fsp3) is 0.133. The number of aromatic nitrogens is 2. The van der Waals surface area contributed by atoms with Gasteiger partial charge in [0.15, 0.2) is 0 Å². The first-order valence-electron chi connectivity index (χ1n) is 6.15. The van der Waals surface area contributed by atoms with Crippen molar-refractivity contribution in [1.29, 1.82) is 0 Å². The van der Waals surface area contributed by atoms with Gasteiger partial charge < -0.3 is 14.8 Å². The van der Waals surface area contributed by atoms with Crippen LogP contribution in [0.4, 0.5) is 0 Å². The van der Waals surface area contributed by atoms with E-state index in [0.717, 1.165) is 11.0 Å². The molecule has 0 amide bonds. The Bertz CT molecular complexity index is 721. The zero-order valence-electron chi connectivity index (χ0n) is 10.8. The van der Waals surface area contributed by atoms with Crippen LogP contribution < -0.4 is 4.74 Å². The van der Waals surface area contributed by atoms with Gasteiger partial charge in [-0.2, -0.15) is 0 Å². The predicted octanol–water partition coefficient (Wildman–Crippen LogP) is 3.31. The molecule has 102 valence electrons. The summed E-state index contributed by atoms with van der Waals surface area (Å²) in [5.41, 5.74) is 2.37. The van der Waals surface area contributed by atoms with Crippen LogP contribution in [0.1, 0.15) is 17.5 Å². The summed E-state index contributed by atoms with van der Waals surface area (Å²) in [5.74, 6) is 1.07. The molecule has 0 spiro atoms. The Kier molecular flexibility index (Phi) is 3.34. The Morgan fingerprint density at radius 3 is 2.75 bits per heavy atom. The van der Waals surface area contributed by atoms with E-state index < -0.39 is 6.10 Å². The molecular weight excluding hydrogens is 276 g/mol. The number of halogens is 1. The maximum atomic E-state index is 10.4. The van der Waals surface area contributed by atoms with Gasteiger partial charge in [0.1, 0.15) is 17.7 Å². The lowest BCUT2D eigenvalue weighted by Crippen LogP contribution is -2.02. The van der Waals surface area contributed by atoms with Crippen molar-refractivity contribution in [3.63, 3.8) is 0 Å². The van der Waals surface area contributed by atoms with Crippen molar-refractivity contribution in [2.24, 2.45) is 0 Å². The number of imidazole rings is 1. The van der Waals surface area contributed by atoms with Crippen LogP contribution in [0.15, 0.2) is 42.5 Å². The standard InChI is InChI=1S/C15H13ClN2O2/c1-20-13-7-6-9(8-10(13)16)14(19)15-17-11-4-2-3-5-12(11)18-15/h2-8,14,19H,1H3,(H,17,18). The molecule has 1 unspecified atom stereocenters. The Labute approximate surface area is 121 Å². The molecule has 0 aliphatic carbocycles. The van der Waals surface area contributed by atoms with E-state index in [0.29, 0.717) is 22.2 Å². The molecule has 0 bridgehead atoms. The highest BCUT2D eigenvalue weighted by Crippen LogP contribution is 2.30. The summed E-state index contributed by atoms with van der Waals surface area (Å²) < 4.78 is 5.10. The van der Waals surface area contributed by atoms with Crippen molar-refractivity contribution in [2.45, 2.75) is 6.10 Å². The smallest absolute Gasteiger partial charge is 0.140 e. The minimum absolute atomic E-state index is 0.458. The number of fused-ring (bicyclic) bond motifs is 1. The van der Waals surface area contributed by atoms with Gasteiger partial charge in [-0.3, -0.25) is 0 Å². The molecule has 0 saturated heterocycles. The molecule has 1 aromatic heterocycles. The molecular formula is C15H13ClN2O2. The van der Waals surface area contributed by atoms with Gasteiger partial charge in [0.25, 0.3) is 0 Å². The van der Waals surface area contributed by atoms with E-state index in [4.69, 9.17) is 16.3 Å². The zero-order valence-corrected chi connectivity index (χ0v) is 11.6. The van der Waals surface area contributed by atoms with Gasteiger partial charge in [-0.15, -0.1) is 0 Å². The van der Waals surface area contributed by atoms with Crippen molar-refractivity contribution >= 4 is 22.6 Å². The molecule has 5 heteroatoms. The van der Waals surface area contributed by atoms with Gasteiger partial charge in [-0.25, -0.2) is 4.98 Å². The highest BCUT2D eigenvalue weighted by molar-refractivity contribution is 6.32. The molecule has 2 N–H and O–H groups in total. The quantitative estimate of drug-likeness (QED) is 0.777. The molecule has 3 aromatic rings. The molecule has 3 rings (SSSR count). The van der Waals surface area contributed by atoms with Crippen LogP contribution in [-0.2, 0) is 0 Å². The summed E-state index contributed by atoms with van der Waals surface area (Å²) in [5, 5.41) is 10.8. The van der Waals surface area contributed by atoms with Crippen LogP contribution in [0.5, 0.6) is 5.75 Å². The number of aliphatic hydroxyl groups excluding tert-OH is 1. The van der Waals surface area contributed by atoms with Crippen molar-refractivity contribution < 1.29 is 9.84 Å². The number of para-hydroxylation sites is 2. The highest BCUT2D eigenvalue weighted by atomic mass is 35.5. The van der Waals surface area contributed by atoms with E-state index in [1.54, 1.807) is 25.3 Å². The third kappa shape index (κ3) is 2.24. The first-order chi connectivity index (χ1) is 9.69. The van der Waals surface area contributed by atoms with Gasteiger partial charge in [-0.1, -0.05) is 29.8 Å². The number of aromatic amines is 1. The van der Waals surface area contributed by atoms with Crippen molar-refractivity contribution in [2.75, 3.05) is 7.11 Å². The number of rotatable bonds is 3. The second-order valence-corrected chi connectivity index (χ2v) is 4.84. The summed E-state index contributed by atoms with van der Waals surface area (Å²) in [6, 6.07) is 12.8. The summed E-state index contributed by atoms with van der Waals surface area (Å²) in [6.07, 6.45) is -0.856. The lowest BCUT2D eigenvalue weighted by atomic mass is 10.1. The van der Waals surface area contributed by atoms with Crippen LogP contribution in [0.2, 0.25) is 5.02 Å². The number of aliphatic hydroxyl groups is 1. The van der Waals surface area contributed by atoms with E-state index in [1.165, 1.54) is 0 Å². The Morgan fingerprint density at radius 1 is 1.25 bits per heavy atom. The van der Waals surface area contributed by atoms with Gasteiger partial charge in [0.2, 0.25) is 0 Å². The lowest BCUT2D eigenvalue weighted by molar-refractivity contribution is 0.211. The molecule has 0 saturated carbocycles. The van der Waals surface area contributed by atoms with E-state index in [9.17, 15) is 5.11 Å². The van der Waals surface area contributed by atoms with Crippen molar-refractivity contribution in [3.8, 4) is 5.75 Å². The third-order valence-corrected chi connectivity index (χ3v) is 3.45. The summed E-state index contributed by atoms with van der Waals surface area (Å²) in [6.45, 7) is 0. The summed E-state index contributed by atoms with van der Waals surface area (Å²) >= 11 is 6.07. The van der Waals surface area contributed by atoms with Crippen LogP contribution in [-0.4, -0.2) is 22.2 Å². The molecule has 1 atom stereocenters. The van der Waals surface area contributed by atoms with Crippen LogP contribution in [0.3, 0.4) is 0 Å². The van der Waals surface area contributed by atoms with Crippen LogP contribution >= 0.6 is 11.6 Å². The first-order valence-corrected chi connectivity index (χ1v) is 6.53. The molecule has 2 aromatic carbocycles. The maximum absolute atomic E-state index is 10.4. The molecule has 0 aliphatic heterocycles. The topological polar surface area (TPSA) is 58.1 Å². The molecule has 1 heterocycles. The molecule has 0 aliphatic rings. The second-order valence-electron chi connectivity index (χ2n) is 4.44. The number of nitrogens with one attached hydrogen (secondary N) is 1. The summed E-state index contributed by atoms with van der Waals surface area (Å²) in [4.78, 5) is 7.49. The lowest BCUT2D eigenvalue weighted by Gasteiger charge is -2.10. The normalized spacial score (nSPS) is 12.6. The van der Waals surface area contributed by atoms with Gasteiger partial charge in [-0.05, 0) is 29.8 Å². The third-order valence-electron chi connectivity index (χ3n) is 3.16. The predicted molar refractivity (Wildman–Crippen MR) is 78.2 cm³/mol. The number of ether oxygens (including phenoxy) is 1. The fourth-order valence-corrected chi connectivity index (χ4v) is 2.38. The minimum Gasteiger partial charge on any atom is -0.495 e. The average molecular weight is 289 g/mol. The first kappa shape index (κ1) is 13.0. The Morgan fingerprint density at radius 2 is 2.05 bits per heavy atom. The zero-order chi connectivity index (χ0) is 14.1. The summed E-state index contributed by atoms with van der Waals surface area (Å²) in [7, 11) is 1.55. The van der Waals surface area contributed by atoms with E-state index in [-0.39, 0.29) is 0 Å². The van der Waals surface area contributed by atoms with E-state index >= 15 is 0 Å². The van der Waals surface area contributed by atoms with Crippen LogP contribution in [0.25, 0.3) is 11.0 Å². The minimum atomic E-state index is -0.856. The van der Waals surface area contributed by atoms with Crippen molar-refractivity contribution in [1.82, 2.24) is 9.97 Å². The number of hydrogen-bond donors (Lipinski definition) is 2. The maximum Gasteiger partial charge on any atom is 0.140 e. The Balaban J connectivity index is 1.99. The number of nitrogens with zero attached hydrogens (tertiary/aromatic N) is 1. The van der Waals surface area contributed by atoms with E-state index in [1.807, 2.05) is 24.3 Å². The fourth-order valence-electron chi connectivity index (χ4n) is 2.11. The van der Waals surface area contributed by atoms with E-state index in [2.05, 4.69) is 9.97 Å². The van der Waals surface area contributed by atoms with Gasteiger partial charge in [0.05, 0.1) is 23.2 Å². The average Bonchev–Trinajstić information content (AvgIpc) is 2.90. The largest absolute Gasteiger partial charge is 0.495 e. The molecule has 4 nitrogen and oxygen atoms in total. The number of benzene rings is 2. The number of hydrogen-bond acceptors (Lipinski definition) is 3. The molecule has 20 heavy (non-hydrogen) atoms. The molecule has 0 fully saturated rings. The van der Waals surface area contributed by atoms with Crippen molar-refractivity contribution in [3.05, 3.63) is 58.9 Å². The highest BCUT2D eigenvalue weighted by Gasteiger charge is 2.16. The molecule has 0 radical (unpaired) electrons. The van der Waals surface area contributed by atoms with Gasteiger partial charge in [0, 0.05) is 0 Å². The number of methoxy groups -OCH3 is 1.